The number of benzene rings is 1. The summed E-state index contributed by atoms with van der Waals surface area (Å²) in [7, 11) is 2.55. The highest BCUT2D eigenvalue weighted by Crippen LogP contribution is 2.42. The molecule has 0 aliphatic carbocycles. The van der Waals surface area contributed by atoms with E-state index in [0.717, 1.165) is 11.8 Å². The summed E-state index contributed by atoms with van der Waals surface area (Å²) in [5, 5.41) is 16.7. The fourth-order valence-electron chi connectivity index (χ4n) is 3.12. The second-order valence-corrected chi connectivity index (χ2v) is 6.20. The second kappa shape index (κ2) is 6.41. The molecule has 11 heteroatoms. The predicted octanol–water partition coefficient (Wildman–Crippen LogP) is 1.82. The summed E-state index contributed by atoms with van der Waals surface area (Å²) in [5.41, 5.74) is -1.54. The maximum atomic E-state index is 13.1. The van der Waals surface area contributed by atoms with Gasteiger partial charge in [0, 0.05) is 0 Å². The quantitative estimate of drug-likeness (QED) is 0.777. The number of methoxy groups -OCH3 is 2. The number of hydrogen-bond acceptors (Lipinski definition) is 7. The zero-order chi connectivity index (χ0) is 20.0. The van der Waals surface area contributed by atoms with Gasteiger partial charge in [-0.3, -0.25) is 4.79 Å². The van der Waals surface area contributed by atoms with Crippen molar-refractivity contribution in [1.29, 1.82) is 0 Å². The lowest BCUT2D eigenvalue weighted by atomic mass is 9.83. The van der Waals surface area contributed by atoms with Gasteiger partial charge < -0.3 is 19.9 Å². The van der Waals surface area contributed by atoms with E-state index in [0.29, 0.717) is 11.3 Å². The van der Waals surface area contributed by atoms with Gasteiger partial charge in [0.1, 0.15) is 11.7 Å². The Kier molecular flexibility index (Phi) is 4.50. The molecule has 1 aromatic carbocycles. The highest BCUT2D eigenvalue weighted by Gasteiger charge is 2.52. The van der Waals surface area contributed by atoms with Crippen LogP contribution in [0.3, 0.4) is 0 Å². The monoisotopic (exact) mass is 386 g/mol. The first-order chi connectivity index (χ1) is 12.6. The topological polar surface area (TPSA) is 98.5 Å². The van der Waals surface area contributed by atoms with Gasteiger partial charge in [0.15, 0.2) is 5.72 Å². The van der Waals surface area contributed by atoms with Crippen LogP contribution in [-0.2, 0) is 15.7 Å². The highest BCUT2D eigenvalue weighted by atomic mass is 19.4. The first-order valence-electron chi connectivity index (χ1n) is 7.84. The number of nitrogens with zero attached hydrogens (tertiary/aromatic N) is 3. The summed E-state index contributed by atoms with van der Waals surface area (Å²) in [5.74, 6) is -3.41. The molecule has 0 saturated carbocycles. The fraction of sp³-hybridized carbons (Fsp3) is 0.438. The van der Waals surface area contributed by atoms with E-state index in [4.69, 9.17) is 9.47 Å². The lowest BCUT2D eigenvalue weighted by Gasteiger charge is -2.41. The van der Waals surface area contributed by atoms with Gasteiger partial charge in [-0.1, -0.05) is 12.1 Å². The van der Waals surface area contributed by atoms with Crippen LogP contribution in [-0.4, -0.2) is 45.8 Å². The minimum absolute atomic E-state index is 0.319. The van der Waals surface area contributed by atoms with E-state index in [2.05, 4.69) is 15.4 Å². The van der Waals surface area contributed by atoms with Gasteiger partial charge in [-0.15, -0.1) is 5.10 Å². The predicted molar refractivity (Wildman–Crippen MR) is 85.9 cm³/mol. The molecule has 1 aromatic heterocycles. The molecule has 0 fully saturated rings. The van der Waals surface area contributed by atoms with Gasteiger partial charge in [-0.05, 0) is 24.6 Å². The number of carbonyl (C=O) groups excluding carboxylic acids is 1. The average Bonchev–Trinajstić information content (AvgIpc) is 3.02. The van der Waals surface area contributed by atoms with Crippen LogP contribution in [0.2, 0.25) is 0 Å². The minimum atomic E-state index is -4.79. The number of esters is 1. The van der Waals surface area contributed by atoms with Gasteiger partial charge in [0.2, 0.25) is 5.95 Å². The van der Waals surface area contributed by atoms with E-state index >= 15 is 0 Å². The maximum absolute atomic E-state index is 13.1. The average molecular weight is 386 g/mol. The molecule has 27 heavy (non-hydrogen) atoms. The van der Waals surface area contributed by atoms with E-state index in [9.17, 15) is 23.1 Å². The molecule has 0 amide bonds. The number of halogens is 3. The third-order valence-electron chi connectivity index (χ3n) is 4.32. The van der Waals surface area contributed by atoms with Crippen molar-refractivity contribution < 1.29 is 32.5 Å². The van der Waals surface area contributed by atoms with Crippen molar-refractivity contribution in [1.82, 2.24) is 14.8 Å². The lowest BCUT2D eigenvalue weighted by Crippen LogP contribution is -2.55. The number of ether oxygens (including phenoxy) is 2. The molecule has 3 atom stereocenters. The van der Waals surface area contributed by atoms with Crippen molar-refractivity contribution in [2.75, 3.05) is 19.5 Å². The van der Waals surface area contributed by atoms with Crippen LogP contribution in [0.15, 0.2) is 24.3 Å². The maximum Gasteiger partial charge on any atom is 0.453 e. The van der Waals surface area contributed by atoms with E-state index in [1.807, 2.05) is 0 Å². The molecule has 0 saturated heterocycles. The van der Waals surface area contributed by atoms with Gasteiger partial charge >= 0.3 is 12.1 Å². The Balaban J connectivity index is 2.23. The number of carbonyl (C=O) groups is 1. The summed E-state index contributed by atoms with van der Waals surface area (Å²) in [4.78, 5) is 15.8. The number of aliphatic hydroxyl groups is 1. The van der Waals surface area contributed by atoms with Gasteiger partial charge in [-0.25, -0.2) is 4.68 Å². The molecule has 1 aliphatic heterocycles. The standard InChI is InChI=1S/C16H17F3N4O4/c1-15(25)10(12(24)27-3)11(8-5-4-6-9(7-8)26-2)23-14(21-15)20-13(22-23)16(17,18)19/h4-7,10-11,25H,1-3H3,(H,20,21,22)/t10-,11-,15-/m0/s1. The molecule has 2 aromatic rings. The Hall–Kier alpha value is -2.82. The third kappa shape index (κ3) is 3.29. The molecule has 0 radical (unpaired) electrons. The van der Waals surface area contributed by atoms with E-state index < -0.39 is 35.7 Å². The number of anilines is 1. The summed E-state index contributed by atoms with van der Waals surface area (Å²) in [6.45, 7) is 1.26. The summed E-state index contributed by atoms with van der Waals surface area (Å²) in [6.07, 6.45) is -4.79. The molecule has 146 valence electrons. The molecule has 3 rings (SSSR count). The largest absolute Gasteiger partial charge is 0.497 e. The molecule has 0 bridgehead atoms. The summed E-state index contributed by atoms with van der Waals surface area (Å²) in [6, 6.07) is 5.27. The molecule has 0 spiro atoms. The van der Waals surface area contributed by atoms with Crippen LogP contribution < -0.4 is 10.1 Å². The number of fused-ring (bicyclic) bond motifs is 1. The first-order valence-corrected chi connectivity index (χ1v) is 7.84. The number of alkyl halides is 3. The summed E-state index contributed by atoms with van der Waals surface area (Å²) < 4.78 is 50.1. The summed E-state index contributed by atoms with van der Waals surface area (Å²) >= 11 is 0. The van der Waals surface area contributed by atoms with Crippen molar-refractivity contribution in [2.24, 2.45) is 5.92 Å². The van der Waals surface area contributed by atoms with Crippen LogP contribution in [0, 0.1) is 5.92 Å². The fourth-order valence-corrected chi connectivity index (χ4v) is 3.12. The second-order valence-electron chi connectivity index (χ2n) is 6.20. The van der Waals surface area contributed by atoms with Gasteiger partial charge in [0.05, 0.1) is 20.3 Å². The zero-order valence-corrected chi connectivity index (χ0v) is 14.6. The molecule has 0 unspecified atom stereocenters. The lowest BCUT2D eigenvalue weighted by molar-refractivity contribution is -0.156. The van der Waals surface area contributed by atoms with Crippen molar-refractivity contribution in [3.05, 3.63) is 35.7 Å². The van der Waals surface area contributed by atoms with E-state index in [1.165, 1.54) is 14.0 Å². The van der Waals surface area contributed by atoms with Crippen LogP contribution in [0.25, 0.3) is 0 Å². The van der Waals surface area contributed by atoms with Crippen molar-refractivity contribution in [2.45, 2.75) is 24.9 Å². The van der Waals surface area contributed by atoms with Gasteiger partial charge in [-0.2, -0.15) is 18.2 Å². The van der Waals surface area contributed by atoms with Crippen molar-refractivity contribution >= 4 is 11.9 Å². The minimum Gasteiger partial charge on any atom is -0.497 e. The van der Waals surface area contributed by atoms with Crippen LogP contribution in [0.1, 0.15) is 24.4 Å². The SMILES string of the molecule is COC(=O)[C@@H]1[C@H](c2cccc(OC)c2)n2nc(C(F)(F)F)nc2N[C@@]1(C)O. The van der Waals surface area contributed by atoms with Crippen LogP contribution in [0.5, 0.6) is 5.75 Å². The Bertz CT molecular complexity index is 866. The third-order valence-corrected chi connectivity index (χ3v) is 4.32. The number of rotatable bonds is 3. The van der Waals surface area contributed by atoms with Crippen LogP contribution in [0.4, 0.5) is 19.1 Å². The molecular formula is C16H17F3N4O4. The Morgan fingerprint density at radius 3 is 2.67 bits per heavy atom. The zero-order valence-electron chi connectivity index (χ0n) is 14.6. The Morgan fingerprint density at radius 2 is 2.07 bits per heavy atom. The normalized spacial score (nSPS) is 24.7. The van der Waals surface area contributed by atoms with Crippen molar-refractivity contribution in [3.63, 3.8) is 0 Å². The molecule has 8 nitrogen and oxygen atoms in total. The smallest absolute Gasteiger partial charge is 0.453 e. The first kappa shape index (κ1) is 19.0. The Morgan fingerprint density at radius 1 is 1.37 bits per heavy atom. The van der Waals surface area contributed by atoms with Gasteiger partial charge in [0.25, 0.3) is 5.82 Å². The molecule has 2 heterocycles. The number of aromatic nitrogens is 3. The van der Waals surface area contributed by atoms with Crippen molar-refractivity contribution in [3.8, 4) is 5.75 Å². The molecular weight excluding hydrogens is 369 g/mol. The van der Waals surface area contributed by atoms with E-state index in [-0.39, 0.29) is 5.95 Å². The van der Waals surface area contributed by atoms with E-state index in [1.54, 1.807) is 24.3 Å². The Labute approximate surface area is 151 Å². The highest BCUT2D eigenvalue weighted by molar-refractivity contribution is 5.76. The van der Waals surface area contributed by atoms with Crippen LogP contribution >= 0.6 is 0 Å². The molecule has 2 N–H and O–H groups in total. The number of nitrogens with one attached hydrogen (secondary N) is 1. The molecule has 1 aliphatic rings. The number of hydrogen-bond donors (Lipinski definition) is 2.